The van der Waals surface area contributed by atoms with Gasteiger partial charge in [0.25, 0.3) is 0 Å². The molecule has 1 aliphatic carbocycles. The van der Waals surface area contributed by atoms with Gasteiger partial charge in [-0.2, -0.15) is 0 Å². The zero-order chi connectivity index (χ0) is 12.6. The summed E-state index contributed by atoms with van der Waals surface area (Å²) in [4.78, 5) is 15.0. The van der Waals surface area contributed by atoms with E-state index in [-0.39, 0.29) is 5.41 Å². The van der Waals surface area contributed by atoms with Gasteiger partial charge in [0, 0.05) is 26.2 Å². The van der Waals surface area contributed by atoms with Crippen LogP contribution in [0.3, 0.4) is 0 Å². The van der Waals surface area contributed by atoms with E-state index in [4.69, 9.17) is 4.74 Å². The molecule has 4 nitrogen and oxygen atoms in total. The average molecular weight is 252 g/mol. The monoisotopic (exact) mass is 252 g/mol. The number of carbonyl (C=O) groups excluding carboxylic acids is 1. The number of hydrogen-bond acceptors (Lipinski definition) is 3. The van der Waals surface area contributed by atoms with Gasteiger partial charge >= 0.3 is 0 Å². The molecule has 1 saturated carbocycles. The van der Waals surface area contributed by atoms with Crippen molar-refractivity contribution in [1.82, 2.24) is 10.2 Å². The summed E-state index contributed by atoms with van der Waals surface area (Å²) >= 11 is 0. The Labute approximate surface area is 109 Å². The maximum atomic E-state index is 12.9. The van der Waals surface area contributed by atoms with Gasteiger partial charge in [-0.25, -0.2) is 0 Å². The third-order valence-electron chi connectivity index (χ3n) is 5.06. The lowest BCUT2D eigenvalue weighted by molar-refractivity contribution is -0.156. The molecule has 0 aromatic heterocycles. The molecule has 18 heavy (non-hydrogen) atoms. The van der Waals surface area contributed by atoms with E-state index in [1.807, 2.05) is 0 Å². The fourth-order valence-corrected chi connectivity index (χ4v) is 3.79. The van der Waals surface area contributed by atoms with Gasteiger partial charge in [0.2, 0.25) is 5.91 Å². The number of rotatable bonds is 3. The first kappa shape index (κ1) is 12.4. The van der Waals surface area contributed by atoms with Crippen molar-refractivity contribution in [3.05, 3.63) is 0 Å². The largest absolute Gasteiger partial charge is 0.384 e. The van der Waals surface area contributed by atoms with Crippen molar-refractivity contribution in [2.24, 2.45) is 11.3 Å². The molecule has 2 atom stereocenters. The number of carbonyl (C=O) groups is 1. The molecule has 0 radical (unpaired) electrons. The highest BCUT2D eigenvalue weighted by Gasteiger charge is 2.49. The number of methoxy groups -OCH3 is 1. The molecule has 4 fully saturated rings. The summed E-state index contributed by atoms with van der Waals surface area (Å²) in [5, 5.41) is 3.49. The highest BCUT2D eigenvalue weighted by molar-refractivity contribution is 5.84. The van der Waals surface area contributed by atoms with Crippen molar-refractivity contribution in [3.63, 3.8) is 0 Å². The summed E-state index contributed by atoms with van der Waals surface area (Å²) in [5.41, 5.74) is -0.181. The maximum Gasteiger partial charge on any atom is 0.231 e. The van der Waals surface area contributed by atoms with Gasteiger partial charge in [-0.05, 0) is 38.1 Å². The highest BCUT2D eigenvalue weighted by Crippen LogP contribution is 2.44. The fraction of sp³-hybridized carbons (Fsp3) is 0.929. The normalized spacial score (nSPS) is 33.9. The van der Waals surface area contributed by atoms with Crippen molar-refractivity contribution in [1.29, 1.82) is 0 Å². The SMILES string of the molecule is COCC1(C(=O)N2C[C@@H]3CC[C@H]2CNC3)CCC1. The second-order valence-corrected chi connectivity index (χ2v) is 6.28. The number of nitrogens with zero attached hydrogens (tertiary/aromatic N) is 1. The Balaban J connectivity index is 1.75. The summed E-state index contributed by atoms with van der Waals surface area (Å²) < 4.78 is 5.31. The Morgan fingerprint density at radius 1 is 1.39 bits per heavy atom. The molecule has 3 saturated heterocycles. The standard InChI is InChI=1S/C14H24N2O2/c1-18-10-14(5-2-6-14)13(17)16-9-11-3-4-12(16)8-15-7-11/h11-12,15H,2-10H2,1H3/t11-,12+/m1/s1. The van der Waals surface area contributed by atoms with Gasteiger partial charge in [-0.15, -0.1) is 0 Å². The number of piperidine rings is 1. The zero-order valence-corrected chi connectivity index (χ0v) is 11.3. The van der Waals surface area contributed by atoms with Crippen molar-refractivity contribution in [2.75, 3.05) is 33.4 Å². The van der Waals surface area contributed by atoms with E-state index in [1.54, 1.807) is 7.11 Å². The predicted octanol–water partition coefficient (Wildman–Crippen LogP) is 1.01. The quantitative estimate of drug-likeness (QED) is 0.815. The van der Waals surface area contributed by atoms with E-state index in [0.717, 1.165) is 32.5 Å². The molecular formula is C14H24N2O2. The highest BCUT2D eigenvalue weighted by atomic mass is 16.5. The number of nitrogens with one attached hydrogen (secondary N) is 1. The second kappa shape index (κ2) is 4.82. The lowest BCUT2D eigenvalue weighted by Crippen LogP contribution is -2.56. The van der Waals surface area contributed by atoms with Crippen LogP contribution >= 0.6 is 0 Å². The summed E-state index contributed by atoms with van der Waals surface area (Å²) in [6.45, 7) is 3.62. The van der Waals surface area contributed by atoms with Crippen LogP contribution in [0.1, 0.15) is 32.1 Å². The van der Waals surface area contributed by atoms with Gasteiger partial charge < -0.3 is 15.0 Å². The van der Waals surface area contributed by atoms with Gasteiger partial charge in [0.05, 0.1) is 12.0 Å². The Morgan fingerprint density at radius 2 is 2.22 bits per heavy atom. The van der Waals surface area contributed by atoms with Crippen molar-refractivity contribution in [2.45, 2.75) is 38.1 Å². The third-order valence-corrected chi connectivity index (χ3v) is 5.06. The van der Waals surface area contributed by atoms with Crippen LogP contribution in [0.5, 0.6) is 0 Å². The third kappa shape index (κ3) is 1.95. The second-order valence-electron chi connectivity index (χ2n) is 6.28. The molecule has 0 aromatic carbocycles. The van der Waals surface area contributed by atoms with Gasteiger partial charge in [0.15, 0.2) is 0 Å². The molecule has 0 aromatic rings. The van der Waals surface area contributed by atoms with Crippen molar-refractivity contribution >= 4 is 5.91 Å². The van der Waals surface area contributed by atoms with Crippen LogP contribution in [-0.4, -0.2) is 50.2 Å². The van der Waals surface area contributed by atoms with E-state index in [9.17, 15) is 4.79 Å². The van der Waals surface area contributed by atoms with Crippen LogP contribution in [0, 0.1) is 11.3 Å². The Bertz CT molecular complexity index is 324. The Kier molecular flexibility index (Phi) is 3.32. The van der Waals surface area contributed by atoms with E-state index in [1.165, 1.54) is 19.3 Å². The summed E-state index contributed by atoms with van der Waals surface area (Å²) in [6, 6.07) is 0.422. The van der Waals surface area contributed by atoms with Gasteiger partial charge in [-0.1, -0.05) is 6.42 Å². The molecule has 0 unspecified atom stereocenters. The lowest BCUT2D eigenvalue weighted by Gasteiger charge is -2.46. The van der Waals surface area contributed by atoms with Crippen LogP contribution in [0.4, 0.5) is 0 Å². The topological polar surface area (TPSA) is 41.6 Å². The maximum absolute atomic E-state index is 12.9. The molecule has 2 bridgehead atoms. The molecule has 3 heterocycles. The minimum absolute atomic E-state index is 0.181. The Hall–Kier alpha value is -0.610. The first-order chi connectivity index (χ1) is 8.75. The van der Waals surface area contributed by atoms with E-state index in [0.29, 0.717) is 24.5 Å². The minimum Gasteiger partial charge on any atom is -0.384 e. The minimum atomic E-state index is -0.181. The molecule has 0 spiro atoms. The molecular weight excluding hydrogens is 228 g/mol. The summed E-state index contributed by atoms with van der Waals surface area (Å²) in [5.74, 6) is 1.03. The molecule has 4 heteroatoms. The van der Waals surface area contributed by atoms with E-state index in [2.05, 4.69) is 10.2 Å². The molecule has 1 N–H and O–H groups in total. The summed E-state index contributed by atoms with van der Waals surface area (Å²) in [7, 11) is 1.71. The van der Waals surface area contributed by atoms with E-state index < -0.39 is 0 Å². The molecule has 4 aliphatic rings. The summed E-state index contributed by atoms with van der Waals surface area (Å²) in [6.07, 6.45) is 5.66. The molecule has 1 amide bonds. The van der Waals surface area contributed by atoms with Crippen LogP contribution in [-0.2, 0) is 9.53 Å². The molecule has 4 rings (SSSR count). The van der Waals surface area contributed by atoms with E-state index >= 15 is 0 Å². The van der Waals surface area contributed by atoms with Crippen LogP contribution < -0.4 is 5.32 Å². The first-order valence-electron chi connectivity index (χ1n) is 7.26. The predicted molar refractivity (Wildman–Crippen MR) is 69.3 cm³/mol. The fourth-order valence-electron chi connectivity index (χ4n) is 3.79. The van der Waals surface area contributed by atoms with Gasteiger partial charge in [0.1, 0.15) is 0 Å². The number of hydrogen-bond donors (Lipinski definition) is 1. The zero-order valence-electron chi connectivity index (χ0n) is 11.3. The Morgan fingerprint density at radius 3 is 2.89 bits per heavy atom. The van der Waals surface area contributed by atoms with Crippen molar-refractivity contribution in [3.8, 4) is 0 Å². The lowest BCUT2D eigenvalue weighted by atomic mass is 9.68. The van der Waals surface area contributed by atoms with Crippen LogP contribution in [0.25, 0.3) is 0 Å². The molecule has 3 aliphatic heterocycles. The first-order valence-corrected chi connectivity index (χ1v) is 7.26. The van der Waals surface area contributed by atoms with Gasteiger partial charge in [-0.3, -0.25) is 4.79 Å². The number of amides is 1. The smallest absolute Gasteiger partial charge is 0.231 e. The van der Waals surface area contributed by atoms with Crippen LogP contribution in [0.2, 0.25) is 0 Å². The number of ether oxygens (including phenoxy) is 1. The average Bonchev–Trinajstić information content (AvgIpc) is 2.67. The number of fused-ring (bicyclic) bond motifs is 4. The van der Waals surface area contributed by atoms with Crippen LogP contribution in [0.15, 0.2) is 0 Å². The van der Waals surface area contributed by atoms with Crippen molar-refractivity contribution < 1.29 is 9.53 Å². The molecule has 102 valence electrons.